The van der Waals surface area contributed by atoms with Crippen LogP contribution >= 0.6 is 31.9 Å². The van der Waals surface area contributed by atoms with E-state index in [0.29, 0.717) is 36.5 Å². The summed E-state index contributed by atoms with van der Waals surface area (Å²) in [5.41, 5.74) is 12.8. The van der Waals surface area contributed by atoms with E-state index in [4.69, 9.17) is 21.9 Å². The number of anilines is 1. The summed E-state index contributed by atoms with van der Waals surface area (Å²) in [6.07, 6.45) is 28.3. The first kappa shape index (κ1) is 57.5. The van der Waals surface area contributed by atoms with Gasteiger partial charge in [0.2, 0.25) is 0 Å². The summed E-state index contributed by atoms with van der Waals surface area (Å²) in [6, 6.07) is 22.9. The van der Waals surface area contributed by atoms with Gasteiger partial charge >= 0.3 is 5.97 Å². The van der Waals surface area contributed by atoms with E-state index in [0.717, 1.165) is 125 Å². The lowest BCUT2D eigenvalue weighted by Gasteiger charge is -2.16. The minimum atomic E-state index is -0.477. The maximum Gasteiger partial charge on any atom is 0.316 e. The fourth-order valence-electron chi connectivity index (χ4n) is 8.78. The topological polar surface area (TPSA) is 151 Å². The van der Waals surface area contributed by atoms with Crippen molar-refractivity contribution in [2.45, 2.75) is 122 Å². The van der Waals surface area contributed by atoms with Crippen LogP contribution in [0.1, 0.15) is 136 Å². The van der Waals surface area contributed by atoms with Crippen LogP contribution in [-0.4, -0.2) is 42.1 Å². The van der Waals surface area contributed by atoms with Crippen LogP contribution in [0.3, 0.4) is 0 Å². The number of ether oxygens (including phenoxy) is 1. The van der Waals surface area contributed by atoms with Gasteiger partial charge < -0.3 is 10.5 Å². The van der Waals surface area contributed by atoms with E-state index in [1.165, 1.54) is 49.9 Å². The molecule has 0 spiro atoms. The molecular formula is C60H62Br2F2N6O5. The van der Waals surface area contributed by atoms with Crippen LogP contribution in [0.5, 0.6) is 0 Å². The third-order valence-corrected chi connectivity index (χ3v) is 13.7. The minimum absolute atomic E-state index is 0.0462. The molecule has 11 nitrogen and oxygen atoms in total. The highest BCUT2D eigenvalue weighted by molar-refractivity contribution is 9.10. The highest BCUT2D eigenvalue weighted by Gasteiger charge is 2.27. The van der Waals surface area contributed by atoms with Gasteiger partial charge in [-0.05, 0) is 156 Å². The quantitative estimate of drug-likeness (QED) is 0.101. The lowest BCUT2D eigenvalue weighted by Crippen LogP contribution is -2.27. The molecule has 390 valence electrons. The van der Waals surface area contributed by atoms with Gasteiger partial charge in [0, 0.05) is 61.8 Å². The smallest absolute Gasteiger partial charge is 0.316 e. The molecule has 0 radical (unpaired) electrons. The molecule has 3 aliphatic rings. The molecule has 1 unspecified atom stereocenters. The summed E-state index contributed by atoms with van der Waals surface area (Å²) in [5, 5.41) is 0. The van der Waals surface area contributed by atoms with E-state index >= 15 is 0 Å². The van der Waals surface area contributed by atoms with Gasteiger partial charge in [0.25, 0.3) is 11.1 Å². The van der Waals surface area contributed by atoms with Crippen molar-refractivity contribution in [1.82, 2.24) is 23.8 Å². The first-order chi connectivity index (χ1) is 36.3. The molecule has 10 rings (SSSR count). The van der Waals surface area contributed by atoms with Gasteiger partial charge in [-0.15, -0.1) is 6.42 Å². The number of rotatable bonds is 2. The molecule has 1 saturated carbocycles. The van der Waals surface area contributed by atoms with E-state index in [-0.39, 0.29) is 34.5 Å². The molecule has 15 heteroatoms. The number of ketones is 1. The molecule has 75 heavy (non-hydrogen) atoms. The maximum atomic E-state index is 13.0. The van der Waals surface area contributed by atoms with Crippen LogP contribution in [0.15, 0.2) is 122 Å². The molecule has 2 N–H and O–H groups in total. The zero-order valence-electron chi connectivity index (χ0n) is 42.3. The molecule has 2 aromatic carbocycles. The molecule has 0 aliphatic heterocycles. The Labute approximate surface area is 454 Å². The van der Waals surface area contributed by atoms with Crippen LogP contribution in [0, 0.1) is 41.7 Å². The van der Waals surface area contributed by atoms with E-state index in [1.807, 2.05) is 30.3 Å². The Kier molecular flexibility index (Phi) is 22.9. The van der Waals surface area contributed by atoms with E-state index < -0.39 is 5.92 Å². The van der Waals surface area contributed by atoms with Crippen molar-refractivity contribution in [1.29, 1.82) is 0 Å². The Morgan fingerprint density at radius 1 is 0.640 bits per heavy atom. The fourth-order valence-corrected chi connectivity index (χ4v) is 9.45. The average molecular weight is 1140 g/mol. The summed E-state index contributed by atoms with van der Waals surface area (Å²) in [7, 11) is 0. The first-order valence-electron chi connectivity index (χ1n) is 25.6. The molecule has 0 saturated heterocycles. The Morgan fingerprint density at radius 2 is 1.13 bits per heavy atom. The number of aromatic nitrogens is 5. The monoisotopic (exact) mass is 1140 g/mol. The minimum Gasteiger partial charge on any atom is -0.465 e. The third kappa shape index (κ3) is 17.9. The molecule has 1 atom stereocenters. The second-order valence-electron chi connectivity index (χ2n) is 18.3. The van der Waals surface area contributed by atoms with Gasteiger partial charge in [-0.25, -0.2) is 23.7 Å². The molecule has 0 amide bonds. The standard InChI is InChI=1S/C22H19FN2O.C14H15BrN2O.C11H18O3.C8H5F.C5H5BrN2/c23-18-11-9-16(10-12-18)7-8-17-13-14-25-21(15-17)24-20-6-4-2-1-3-5-19(20)22(25)26;15-10-7-8-17-13(9-10)16-12-6-4-2-1-3-5-11(12)14(17)18;1-2-14-11(13)9-7-5-3-4-6-8-10(9)12;1-2-7-3-5-8(9)6-4-7;6-4-1-2-8-5(7)3-4/h9-15H,1-6H2;7-9H,1-6H2;9H,2-8H2,1H3;1,3-6H;1-3H,(H2,7,8). The predicted octanol–water partition coefficient (Wildman–Crippen LogP) is 12.3. The Bertz CT molecular complexity index is 3250. The normalized spacial score (nSPS) is 15.1. The van der Waals surface area contributed by atoms with E-state index in [2.05, 4.69) is 59.6 Å². The number of carbonyl (C=O) groups is 2. The van der Waals surface area contributed by atoms with Crippen LogP contribution < -0.4 is 16.9 Å². The number of fused-ring (bicyclic) bond motifs is 4. The number of nitrogens with zero attached hydrogens (tertiary/aromatic N) is 5. The zero-order valence-corrected chi connectivity index (χ0v) is 45.4. The summed E-state index contributed by atoms with van der Waals surface area (Å²) in [4.78, 5) is 61.5. The summed E-state index contributed by atoms with van der Waals surface area (Å²) < 4.78 is 35.2. The number of hydrogen-bond donors (Lipinski definition) is 1. The average Bonchev–Trinajstić information content (AvgIpc) is 3.37. The van der Waals surface area contributed by atoms with E-state index in [9.17, 15) is 28.0 Å². The summed E-state index contributed by atoms with van der Waals surface area (Å²) >= 11 is 6.67. The third-order valence-electron chi connectivity index (χ3n) is 12.7. The van der Waals surface area contributed by atoms with Crippen molar-refractivity contribution in [2.24, 2.45) is 5.92 Å². The number of Topliss-reactive ketones (excluding diaryl/α,β-unsaturated/α-hetero) is 1. The lowest BCUT2D eigenvalue weighted by molar-refractivity contribution is -0.152. The number of pyridine rings is 3. The molecule has 0 bridgehead atoms. The molecule has 7 aromatic rings. The van der Waals surface area contributed by atoms with Gasteiger partial charge in [-0.3, -0.25) is 28.0 Å². The SMILES string of the molecule is C#Cc1ccc(F)cc1.CCOC(=O)C1CCCCCCC1=O.Nc1cc(Br)ccn1.O=c1c2c(nc3cc(Br)ccn13)CCCCCC2.O=c1c2c(nc3cc(C#Cc4ccc(F)cc4)ccn13)CCCCCC2. The molecule has 1 fully saturated rings. The van der Waals surface area contributed by atoms with E-state index in [1.54, 1.807) is 64.6 Å². The van der Waals surface area contributed by atoms with Crippen molar-refractivity contribution in [3.63, 3.8) is 0 Å². The number of nitrogen functional groups attached to an aromatic ring is 1. The first-order valence-corrected chi connectivity index (χ1v) is 27.2. The fraction of sp³-hybridized carbons (Fsp3) is 0.350. The molecule has 3 aliphatic carbocycles. The number of esters is 1. The van der Waals surface area contributed by atoms with Crippen molar-refractivity contribution in [3.8, 4) is 24.2 Å². The number of terminal acetylenes is 1. The largest absolute Gasteiger partial charge is 0.465 e. The second kappa shape index (κ2) is 29.9. The number of hydrogen-bond acceptors (Lipinski definition) is 9. The van der Waals surface area contributed by atoms with Crippen LogP contribution in [0.2, 0.25) is 0 Å². The Balaban J connectivity index is 0.000000163. The van der Waals surface area contributed by atoms with Crippen molar-refractivity contribution >= 4 is 60.7 Å². The van der Waals surface area contributed by atoms with Crippen LogP contribution in [0.25, 0.3) is 11.3 Å². The van der Waals surface area contributed by atoms with Crippen LogP contribution in [-0.2, 0) is 40.0 Å². The van der Waals surface area contributed by atoms with Crippen molar-refractivity contribution in [2.75, 3.05) is 12.3 Å². The van der Waals surface area contributed by atoms with Gasteiger partial charge in [0.15, 0.2) is 0 Å². The molecular weight excluding hydrogens is 1080 g/mol. The number of nitrogens with two attached hydrogens (primary N) is 1. The number of carbonyl (C=O) groups excluding carboxylic acids is 2. The highest BCUT2D eigenvalue weighted by Crippen LogP contribution is 2.22. The highest BCUT2D eigenvalue weighted by atomic mass is 79.9. The van der Waals surface area contributed by atoms with Crippen molar-refractivity contribution < 1.29 is 23.1 Å². The molecule has 5 heterocycles. The number of halogens is 4. The summed E-state index contributed by atoms with van der Waals surface area (Å²) in [5.74, 6) is 7.76. The van der Waals surface area contributed by atoms with Crippen LogP contribution in [0.4, 0.5) is 14.6 Å². The number of benzene rings is 2. The predicted molar refractivity (Wildman–Crippen MR) is 298 cm³/mol. The molecule has 5 aromatic heterocycles. The Morgan fingerprint density at radius 3 is 1.67 bits per heavy atom. The second-order valence-corrected chi connectivity index (χ2v) is 20.1. The van der Waals surface area contributed by atoms with Gasteiger partial charge in [0.1, 0.15) is 40.4 Å². The maximum absolute atomic E-state index is 13.0. The lowest BCUT2D eigenvalue weighted by atomic mass is 9.90. The Hall–Kier alpha value is -6.81. The van der Waals surface area contributed by atoms with Crippen molar-refractivity contribution in [3.05, 3.63) is 184 Å². The summed E-state index contributed by atoms with van der Waals surface area (Å²) in [6.45, 7) is 2.13. The van der Waals surface area contributed by atoms with Gasteiger partial charge in [0.05, 0.1) is 18.0 Å². The van der Waals surface area contributed by atoms with Gasteiger partial charge in [-0.1, -0.05) is 94.6 Å². The van der Waals surface area contributed by atoms with Gasteiger partial charge in [-0.2, -0.15) is 0 Å². The zero-order chi connectivity index (χ0) is 53.5. The number of aryl methyl sites for hydroxylation is 2.